The Hall–Kier alpha value is -1.46. The van der Waals surface area contributed by atoms with Crippen LogP contribution in [0.3, 0.4) is 0 Å². The molecule has 1 nitrogen and oxygen atoms in total. The molecule has 0 fully saturated rings. The van der Waals surface area contributed by atoms with Crippen LogP contribution >= 0.6 is 11.3 Å². The minimum absolute atomic E-state index is 0. The highest BCUT2D eigenvalue weighted by Crippen LogP contribution is 2.32. The number of para-hydroxylation sites is 1. The number of benzene rings is 2. The molecule has 0 unspecified atom stereocenters. The van der Waals surface area contributed by atoms with Crippen LogP contribution in [0.25, 0.3) is 26.2 Å². The lowest BCUT2D eigenvalue weighted by Gasteiger charge is -2.03. The van der Waals surface area contributed by atoms with Crippen molar-refractivity contribution in [3.05, 3.63) is 72.4 Å². The van der Waals surface area contributed by atoms with E-state index >= 15 is 0 Å². The van der Waals surface area contributed by atoms with Gasteiger partial charge in [-0.15, -0.1) is 4.40 Å². The highest BCUT2D eigenvalue weighted by molar-refractivity contribution is 7.23. The van der Waals surface area contributed by atoms with Gasteiger partial charge >= 0.3 is 0 Å². The predicted molar refractivity (Wildman–Crippen MR) is 85.2 cm³/mol. The van der Waals surface area contributed by atoms with Crippen molar-refractivity contribution in [1.82, 2.24) is 0 Å². The molecule has 0 aliphatic rings. The Morgan fingerprint density at radius 2 is 1.57 bits per heavy atom. The van der Waals surface area contributed by atoms with Crippen molar-refractivity contribution in [1.29, 1.82) is 0 Å². The first-order valence-corrected chi connectivity index (χ1v) is 7.54. The molecule has 0 amide bonds. The molecule has 2 heterocycles. The highest BCUT2D eigenvalue weighted by atomic mass is 127. The SMILES string of the molecule is Cc1cc[n+]2c(sc3ccccc32)c1-c1ccccc1.[I-]. The summed E-state index contributed by atoms with van der Waals surface area (Å²) < 4.78 is 3.63. The van der Waals surface area contributed by atoms with E-state index < -0.39 is 0 Å². The fourth-order valence-electron chi connectivity index (χ4n) is 2.72. The predicted octanol–water partition coefficient (Wildman–Crippen LogP) is 1.62. The summed E-state index contributed by atoms with van der Waals surface area (Å²) in [5.74, 6) is 0. The molecule has 2 aromatic carbocycles. The summed E-state index contributed by atoms with van der Waals surface area (Å²) in [5.41, 5.74) is 5.23. The molecule has 0 aliphatic carbocycles. The van der Waals surface area contributed by atoms with Crippen LogP contribution in [0.4, 0.5) is 0 Å². The summed E-state index contributed by atoms with van der Waals surface area (Å²) >= 11 is 1.86. The van der Waals surface area contributed by atoms with E-state index in [2.05, 4.69) is 78.2 Å². The fourth-order valence-corrected chi connectivity index (χ4v) is 3.98. The van der Waals surface area contributed by atoms with Crippen molar-refractivity contribution in [2.24, 2.45) is 0 Å². The van der Waals surface area contributed by atoms with Gasteiger partial charge in [-0.25, -0.2) is 0 Å². The van der Waals surface area contributed by atoms with Gasteiger partial charge in [0.2, 0.25) is 5.52 Å². The van der Waals surface area contributed by atoms with Gasteiger partial charge in [-0.3, -0.25) is 0 Å². The van der Waals surface area contributed by atoms with Gasteiger partial charge in [0.15, 0.2) is 6.20 Å². The number of hydrogen-bond donors (Lipinski definition) is 0. The van der Waals surface area contributed by atoms with Crippen LogP contribution < -0.4 is 28.4 Å². The van der Waals surface area contributed by atoms with Crippen LogP contribution in [0.1, 0.15) is 5.56 Å². The van der Waals surface area contributed by atoms with E-state index in [1.165, 1.54) is 31.7 Å². The van der Waals surface area contributed by atoms with Crippen LogP contribution in [0.5, 0.6) is 0 Å². The molecular weight excluding hydrogens is 389 g/mol. The molecule has 3 heteroatoms. The van der Waals surface area contributed by atoms with Crippen molar-refractivity contribution >= 4 is 26.4 Å². The molecule has 21 heavy (non-hydrogen) atoms. The minimum Gasteiger partial charge on any atom is -1.00 e. The van der Waals surface area contributed by atoms with Gasteiger partial charge in [-0.1, -0.05) is 53.8 Å². The van der Waals surface area contributed by atoms with E-state index in [9.17, 15) is 0 Å². The summed E-state index contributed by atoms with van der Waals surface area (Å²) in [6.45, 7) is 2.19. The Kier molecular flexibility index (Phi) is 3.95. The molecule has 0 saturated heterocycles. The average molecular weight is 403 g/mol. The van der Waals surface area contributed by atoms with Crippen molar-refractivity contribution < 1.29 is 28.4 Å². The molecule has 0 bridgehead atoms. The molecule has 4 rings (SSSR count). The van der Waals surface area contributed by atoms with Crippen molar-refractivity contribution in [2.45, 2.75) is 6.92 Å². The third kappa shape index (κ3) is 2.34. The van der Waals surface area contributed by atoms with Crippen LogP contribution in [-0.4, -0.2) is 0 Å². The molecule has 104 valence electrons. The van der Waals surface area contributed by atoms with Crippen molar-refractivity contribution in [3.8, 4) is 11.1 Å². The number of hydrogen-bond acceptors (Lipinski definition) is 1. The number of rotatable bonds is 1. The largest absolute Gasteiger partial charge is 1.00 e. The first-order chi connectivity index (χ1) is 9.84. The number of aromatic nitrogens is 1. The van der Waals surface area contributed by atoms with Crippen LogP contribution in [0.15, 0.2) is 66.9 Å². The zero-order valence-electron chi connectivity index (χ0n) is 11.6. The van der Waals surface area contributed by atoms with Gasteiger partial charge in [0.05, 0.1) is 5.56 Å². The Labute approximate surface area is 144 Å². The summed E-state index contributed by atoms with van der Waals surface area (Å²) in [7, 11) is 0. The zero-order chi connectivity index (χ0) is 13.5. The molecule has 4 aromatic rings. The van der Waals surface area contributed by atoms with E-state index in [0.29, 0.717) is 0 Å². The maximum Gasteiger partial charge on any atom is 0.276 e. The summed E-state index contributed by atoms with van der Waals surface area (Å²) in [5, 5.41) is 0. The lowest BCUT2D eigenvalue weighted by Crippen LogP contribution is -3.00. The van der Waals surface area contributed by atoms with Gasteiger partial charge < -0.3 is 24.0 Å². The molecule has 0 spiro atoms. The number of halogens is 1. The molecule has 0 atom stereocenters. The molecule has 0 N–H and O–H groups in total. The second kappa shape index (κ2) is 5.73. The standard InChI is InChI=1S/C18H14NS.HI/c1-13-11-12-19-15-9-5-6-10-16(15)20-18(19)17(13)14-7-3-2-4-8-14;/h2-12H,1H3;1H/q+1;/p-1. The van der Waals surface area contributed by atoms with Crippen LogP contribution in [0, 0.1) is 6.92 Å². The van der Waals surface area contributed by atoms with E-state index in [0.717, 1.165) is 0 Å². The molecule has 0 aliphatic heterocycles. The average Bonchev–Trinajstić information content (AvgIpc) is 2.86. The summed E-state index contributed by atoms with van der Waals surface area (Å²) in [6, 6.07) is 21.4. The quantitative estimate of drug-likeness (QED) is 0.336. The normalized spacial score (nSPS) is 10.7. The number of nitrogens with zero attached hydrogens (tertiary/aromatic N) is 1. The second-order valence-corrected chi connectivity index (χ2v) is 6.02. The lowest BCUT2D eigenvalue weighted by atomic mass is 10.0. The Morgan fingerprint density at radius 3 is 2.38 bits per heavy atom. The molecule has 0 radical (unpaired) electrons. The number of thiazole rings is 1. The minimum atomic E-state index is 0. The smallest absolute Gasteiger partial charge is 0.276 e. The first-order valence-electron chi connectivity index (χ1n) is 6.72. The van der Waals surface area contributed by atoms with Gasteiger partial charge in [0.25, 0.3) is 4.83 Å². The number of pyridine rings is 1. The molecular formula is C18H14INS. The van der Waals surface area contributed by atoms with Crippen LogP contribution in [0.2, 0.25) is 0 Å². The van der Waals surface area contributed by atoms with Gasteiger partial charge in [0, 0.05) is 12.1 Å². The van der Waals surface area contributed by atoms with E-state index in [4.69, 9.17) is 0 Å². The molecule has 2 aromatic heterocycles. The second-order valence-electron chi connectivity index (χ2n) is 4.98. The Balaban J connectivity index is 0.00000132. The third-order valence-electron chi connectivity index (χ3n) is 3.69. The number of fused-ring (bicyclic) bond motifs is 3. The maximum atomic E-state index is 2.30. The van der Waals surface area contributed by atoms with Crippen LogP contribution in [-0.2, 0) is 0 Å². The topological polar surface area (TPSA) is 4.10 Å². The van der Waals surface area contributed by atoms with Gasteiger partial charge in [-0.2, -0.15) is 0 Å². The maximum absolute atomic E-state index is 2.30. The van der Waals surface area contributed by atoms with E-state index in [1.807, 2.05) is 11.3 Å². The highest BCUT2D eigenvalue weighted by Gasteiger charge is 2.19. The Bertz CT molecular complexity index is 912. The Morgan fingerprint density at radius 1 is 0.857 bits per heavy atom. The van der Waals surface area contributed by atoms with E-state index in [1.54, 1.807) is 0 Å². The zero-order valence-corrected chi connectivity index (χ0v) is 14.6. The first kappa shape index (κ1) is 14.5. The summed E-state index contributed by atoms with van der Waals surface area (Å²) in [4.78, 5) is 1.32. The monoisotopic (exact) mass is 403 g/mol. The van der Waals surface area contributed by atoms with Gasteiger partial charge in [0.1, 0.15) is 4.70 Å². The van der Waals surface area contributed by atoms with Crippen molar-refractivity contribution in [2.75, 3.05) is 0 Å². The summed E-state index contributed by atoms with van der Waals surface area (Å²) in [6.07, 6.45) is 2.18. The number of aryl methyl sites for hydroxylation is 1. The van der Waals surface area contributed by atoms with Gasteiger partial charge in [-0.05, 0) is 24.1 Å². The third-order valence-corrected chi connectivity index (χ3v) is 4.85. The van der Waals surface area contributed by atoms with E-state index in [-0.39, 0.29) is 24.0 Å². The molecule has 0 saturated carbocycles. The fraction of sp³-hybridized carbons (Fsp3) is 0.0556. The lowest BCUT2D eigenvalue weighted by molar-refractivity contribution is -0.477. The van der Waals surface area contributed by atoms with Crippen molar-refractivity contribution in [3.63, 3.8) is 0 Å².